The molecule has 1 saturated heterocycles. The molecule has 10 N–H and O–H groups in total. The van der Waals surface area contributed by atoms with Crippen LogP contribution in [0.3, 0.4) is 0 Å². The van der Waals surface area contributed by atoms with Crippen LogP contribution in [0.1, 0.15) is 36.8 Å². The van der Waals surface area contributed by atoms with Gasteiger partial charge in [-0.05, 0) is 61.1 Å². The molecule has 17 heteroatoms. The van der Waals surface area contributed by atoms with Crippen molar-refractivity contribution in [2.24, 2.45) is 16.5 Å². The summed E-state index contributed by atoms with van der Waals surface area (Å²) in [4.78, 5) is 98.1. The summed E-state index contributed by atoms with van der Waals surface area (Å²) in [6.45, 7) is -0.0880. The van der Waals surface area contributed by atoms with E-state index in [1.165, 1.54) is 29.2 Å². The van der Waals surface area contributed by atoms with Crippen molar-refractivity contribution in [3.63, 3.8) is 0 Å². The van der Waals surface area contributed by atoms with Crippen molar-refractivity contribution < 1.29 is 38.7 Å². The van der Waals surface area contributed by atoms with Crippen LogP contribution >= 0.6 is 0 Å². The van der Waals surface area contributed by atoms with E-state index in [1.54, 1.807) is 42.5 Å². The second-order valence-corrected chi connectivity index (χ2v) is 12.4. The zero-order valence-corrected chi connectivity index (χ0v) is 28.8. The van der Waals surface area contributed by atoms with Gasteiger partial charge in [-0.1, -0.05) is 42.5 Å². The van der Waals surface area contributed by atoms with Crippen LogP contribution in [0.2, 0.25) is 0 Å². The number of nitrogens with zero attached hydrogens (tertiary/aromatic N) is 2. The first kappa shape index (κ1) is 39.3. The molecule has 0 spiro atoms. The topological polar surface area (TPSA) is 268 Å². The minimum absolute atomic E-state index is 0.000868. The average Bonchev–Trinajstić information content (AvgIpc) is 3.64. The Hall–Kier alpha value is -6.52. The Kier molecular flexibility index (Phi) is 14.2. The Morgan fingerprint density at radius 2 is 1.68 bits per heavy atom. The van der Waals surface area contributed by atoms with Crippen LogP contribution in [-0.4, -0.2) is 101 Å². The molecule has 0 bridgehead atoms. The lowest BCUT2D eigenvalue weighted by molar-refractivity contribution is -0.143. The monoisotopic (exact) mass is 729 g/mol. The van der Waals surface area contributed by atoms with Gasteiger partial charge in [0.2, 0.25) is 35.8 Å². The maximum atomic E-state index is 13.9. The number of benzene rings is 2. The lowest BCUT2D eigenvalue weighted by Gasteiger charge is -2.29. The van der Waals surface area contributed by atoms with Gasteiger partial charge in [0.25, 0.3) is 5.91 Å². The minimum atomic E-state index is -1.38. The van der Waals surface area contributed by atoms with Gasteiger partial charge in [-0.25, -0.2) is 0 Å². The summed E-state index contributed by atoms with van der Waals surface area (Å²) in [5, 5.41) is 22.5. The number of nitrogens with two attached hydrogens (primary N) is 2. The van der Waals surface area contributed by atoms with E-state index in [9.17, 15) is 38.7 Å². The highest BCUT2D eigenvalue weighted by Gasteiger charge is 2.39. The number of Topliss-reactive ketones (excluding diaryl/α,β-unsaturated/α-hetero) is 1. The number of carbonyl (C=O) groups is 7. The number of allylic oxidation sites excluding steroid dienone is 1. The number of nitrogens with one attached hydrogen (secondary N) is 5. The van der Waals surface area contributed by atoms with Crippen molar-refractivity contribution in [3.05, 3.63) is 83.6 Å². The fourth-order valence-corrected chi connectivity index (χ4v) is 5.82. The maximum Gasteiger partial charge on any atom is 0.290 e. The maximum absolute atomic E-state index is 13.9. The Balaban J connectivity index is 1.74. The molecule has 0 saturated carbocycles. The number of rotatable bonds is 9. The number of aliphatic imine (C=N–C) groups is 1. The molecule has 1 fully saturated rings. The van der Waals surface area contributed by atoms with E-state index in [4.69, 9.17) is 11.5 Å². The molecule has 2 aliphatic rings. The molecule has 4 unspecified atom stereocenters. The van der Waals surface area contributed by atoms with Crippen molar-refractivity contribution in [1.82, 2.24) is 31.5 Å². The van der Waals surface area contributed by atoms with Gasteiger partial charge >= 0.3 is 0 Å². The Morgan fingerprint density at radius 3 is 2.38 bits per heavy atom. The van der Waals surface area contributed by atoms with Gasteiger partial charge in [-0.3, -0.25) is 38.6 Å². The summed E-state index contributed by atoms with van der Waals surface area (Å²) in [7, 11) is 0. The first-order chi connectivity index (χ1) is 25.4. The van der Waals surface area contributed by atoms with Crippen LogP contribution in [-0.2, 0) is 40.0 Å². The zero-order valence-electron chi connectivity index (χ0n) is 28.8. The Morgan fingerprint density at radius 1 is 0.943 bits per heavy atom. The number of aromatic hydroxyl groups is 1. The highest BCUT2D eigenvalue weighted by atomic mass is 16.3. The van der Waals surface area contributed by atoms with E-state index in [-0.39, 0.29) is 62.7 Å². The third kappa shape index (κ3) is 11.8. The van der Waals surface area contributed by atoms with Crippen molar-refractivity contribution in [3.8, 4) is 5.75 Å². The van der Waals surface area contributed by atoms with E-state index in [0.717, 1.165) is 6.08 Å². The van der Waals surface area contributed by atoms with Crippen LogP contribution in [0.25, 0.3) is 6.08 Å². The third-order valence-corrected chi connectivity index (χ3v) is 8.49. The number of fused-ring (bicyclic) bond motifs is 1. The van der Waals surface area contributed by atoms with Gasteiger partial charge in [0.1, 0.15) is 23.9 Å². The minimum Gasteiger partial charge on any atom is -0.508 e. The number of hydrogen-bond acceptors (Lipinski definition) is 9. The largest absolute Gasteiger partial charge is 0.508 e. The lowest BCUT2D eigenvalue weighted by Crippen LogP contribution is -2.58. The molecule has 0 radical (unpaired) electrons. The van der Waals surface area contributed by atoms with E-state index in [2.05, 4.69) is 31.6 Å². The van der Waals surface area contributed by atoms with E-state index in [0.29, 0.717) is 24.0 Å². The predicted molar refractivity (Wildman–Crippen MR) is 193 cm³/mol. The number of hydrogen-bond donors (Lipinski definition) is 8. The third-order valence-electron chi connectivity index (χ3n) is 8.49. The fourth-order valence-electron chi connectivity index (χ4n) is 5.82. The molecule has 17 nitrogen and oxygen atoms in total. The molecule has 2 heterocycles. The van der Waals surface area contributed by atoms with Crippen LogP contribution in [0.4, 0.5) is 0 Å². The highest BCUT2D eigenvalue weighted by molar-refractivity contribution is 6.38. The van der Waals surface area contributed by atoms with Crippen LogP contribution < -0.4 is 38.1 Å². The zero-order chi connectivity index (χ0) is 38.3. The van der Waals surface area contributed by atoms with Crippen LogP contribution in [0.5, 0.6) is 5.75 Å². The van der Waals surface area contributed by atoms with Crippen molar-refractivity contribution in [2.45, 2.75) is 56.3 Å². The van der Waals surface area contributed by atoms with Crippen LogP contribution in [0, 0.1) is 0 Å². The summed E-state index contributed by atoms with van der Waals surface area (Å²) >= 11 is 0. The standard InChI is InChI=1S/C36H43N9O8/c37-36(38)39-16-4-8-26-31(49)34(52)44-27(19-22-6-2-1-3-7-22)32(50)42-24(18-23-10-13-25(47)14-11-23)12-15-30(48)40-20-28(41-21-46)35(53)45-17-5-9-29(45)33(51)43-26/h1-3,6-7,10-15,18,21,26-29,47H,4-5,8-9,16-17,19-20H2,(H,40,48)(H,41,46)(H,42,50)(H,43,51)(H,44,52)(H4,37,38,39). The van der Waals surface area contributed by atoms with Gasteiger partial charge in [0, 0.05) is 37.8 Å². The van der Waals surface area contributed by atoms with Gasteiger partial charge in [-0.15, -0.1) is 0 Å². The quantitative estimate of drug-likeness (QED) is 0.0486. The summed E-state index contributed by atoms with van der Waals surface area (Å²) < 4.78 is 0. The number of carbonyl (C=O) groups excluding carboxylic acids is 7. The first-order valence-corrected chi connectivity index (χ1v) is 17.0. The van der Waals surface area contributed by atoms with Gasteiger partial charge < -0.3 is 48.1 Å². The molecule has 2 aromatic carbocycles. The highest BCUT2D eigenvalue weighted by Crippen LogP contribution is 2.20. The summed E-state index contributed by atoms with van der Waals surface area (Å²) in [6, 6.07) is 9.74. The summed E-state index contributed by atoms with van der Waals surface area (Å²) in [5.41, 5.74) is 12.1. The Bertz CT molecular complexity index is 1760. The molecule has 2 aliphatic heterocycles. The van der Waals surface area contributed by atoms with Crippen LogP contribution in [0.15, 0.2) is 77.4 Å². The van der Waals surface area contributed by atoms with Crippen molar-refractivity contribution in [1.29, 1.82) is 0 Å². The fraction of sp³-hybridized carbons (Fsp3) is 0.333. The second-order valence-electron chi connectivity index (χ2n) is 12.4. The smallest absolute Gasteiger partial charge is 0.290 e. The molecule has 280 valence electrons. The van der Waals surface area contributed by atoms with E-state index in [1.807, 2.05) is 0 Å². The van der Waals surface area contributed by atoms with Crippen molar-refractivity contribution >= 4 is 53.8 Å². The molecule has 2 aromatic rings. The molecular formula is C36H43N9O8. The van der Waals surface area contributed by atoms with E-state index < -0.39 is 59.5 Å². The number of phenols is 1. The number of guanidine groups is 1. The summed E-state index contributed by atoms with van der Waals surface area (Å²) in [6.07, 6.45) is 4.95. The van der Waals surface area contributed by atoms with Gasteiger partial charge in [0.05, 0.1) is 6.04 Å². The predicted octanol–water partition coefficient (Wildman–Crippen LogP) is -1.52. The molecule has 4 rings (SSSR count). The summed E-state index contributed by atoms with van der Waals surface area (Å²) in [5.74, 6) is -5.15. The normalized spacial score (nSPS) is 22.6. The average molecular weight is 730 g/mol. The van der Waals surface area contributed by atoms with Crippen molar-refractivity contribution in [2.75, 3.05) is 19.6 Å². The molecule has 53 heavy (non-hydrogen) atoms. The molecule has 0 aromatic heterocycles. The number of amides is 6. The van der Waals surface area contributed by atoms with Gasteiger partial charge in [0.15, 0.2) is 5.96 Å². The van der Waals surface area contributed by atoms with E-state index >= 15 is 0 Å². The second kappa shape index (κ2) is 19.2. The SMILES string of the molecule is NC(N)=NCCCC1NC(=O)C2CCCN2C(=O)C(NC=O)CNC(=O)C=CC(=Cc2ccc(O)cc2)NC(=O)C(Cc2ccccc2)NC(=O)C1=O. The molecule has 6 amide bonds. The molecule has 4 atom stereocenters. The van der Waals surface area contributed by atoms with Gasteiger partial charge in [-0.2, -0.15) is 0 Å². The Labute approximate surface area is 305 Å². The first-order valence-electron chi connectivity index (χ1n) is 17.0. The lowest BCUT2D eigenvalue weighted by atomic mass is 10.0. The number of ketones is 1. The number of phenolic OH excluding ortho intramolecular Hbond substituents is 1. The molecular weight excluding hydrogens is 686 g/mol. The molecule has 0 aliphatic carbocycles.